The minimum Gasteiger partial charge on any atom is -0.462 e. The molecule has 19 heteroatoms. The van der Waals surface area contributed by atoms with Crippen molar-refractivity contribution in [1.82, 2.24) is 0 Å². The van der Waals surface area contributed by atoms with E-state index in [4.69, 9.17) is 37.0 Å². The van der Waals surface area contributed by atoms with E-state index in [0.29, 0.717) is 25.7 Å². The highest BCUT2D eigenvalue weighted by Gasteiger charge is 2.30. The quantitative estimate of drug-likeness (QED) is 0.0222. The summed E-state index contributed by atoms with van der Waals surface area (Å²) < 4.78 is 68.5. The normalized spacial score (nSPS) is 14.3. The van der Waals surface area contributed by atoms with Gasteiger partial charge in [0.2, 0.25) is 0 Å². The van der Waals surface area contributed by atoms with Crippen molar-refractivity contribution in [3.05, 3.63) is 0 Å². The van der Waals surface area contributed by atoms with Crippen LogP contribution >= 0.6 is 15.6 Å². The first-order valence-corrected chi connectivity index (χ1v) is 42.0. The Hall–Kier alpha value is -1.94. The van der Waals surface area contributed by atoms with Crippen LogP contribution in [0.3, 0.4) is 0 Å². The first kappa shape index (κ1) is 92.1. The van der Waals surface area contributed by atoms with E-state index >= 15 is 0 Å². The number of ether oxygens (including phenoxy) is 4. The van der Waals surface area contributed by atoms with Gasteiger partial charge in [-0.15, -0.1) is 0 Å². The molecule has 6 atom stereocenters. The van der Waals surface area contributed by atoms with Gasteiger partial charge in [0.05, 0.1) is 26.4 Å². The number of carbonyl (C=O) groups is 4. The number of hydrogen-bond acceptors (Lipinski definition) is 15. The van der Waals surface area contributed by atoms with Gasteiger partial charge in [0.25, 0.3) is 0 Å². The summed E-state index contributed by atoms with van der Waals surface area (Å²) in [5, 5.41) is 10.6. The van der Waals surface area contributed by atoms with Crippen LogP contribution in [0.25, 0.3) is 0 Å². The van der Waals surface area contributed by atoms with Crippen molar-refractivity contribution in [2.24, 2.45) is 11.8 Å². The number of phosphoric acid groups is 2. The number of hydrogen-bond donors (Lipinski definition) is 3. The van der Waals surface area contributed by atoms with Crippen molar-refractivity contribution in [1.29, 1.82) is 0 Å². The monoisotopic (exact) mass is 1380 g/mol. The van der Waals surface area contributed by atoms with E-state index in [1.54, 1.807) is 0 Å². The number of carbonyl (C=O) groups excluding carboxylic acids is 4. The van der Waals surface area contributed by atoms with Gasteiger partial charge < -0.3 is 33.8 Å². The molecule has 17 nitrogen and oxygen atoms in total. The third-order valence-electron chi connectivity index (χ3n) is 17.8. The second kappa shape index (κ2) is 66.9. The van der Waals surface area contributed by atoms with E-state index in [0.717, 1.165) is 102 Å². The second-order valence-corrected chi connectivity index (χ2v) is 30.7. The molecule has 558 valence electrons. The van der Waals surface area contributed by atoms with E-state index in [1.165, 1.54) is 205 Å². The van der Waals surface area contributed by atoms with Gasteiger partial charge in [0.1, 0.15) is 19.3 Å². The standard InChI is InChI=1S/C75H146O17P2/c1-7-10-12-14-16-18-20-21-22-23-24-25-29-34-41-47-53-59-74(79)91-70(63-86-73(78)58-52-46-40-33-30-26-28-31-37-43-49-55-67(4)5)65-89-93(81,82)87-61-69(76)62-88-94(83,84)90-66-71(64-85-72(77)57-51-45-39-32-27-19-17-15-13-11-8-2)92-75(80)60-54-48-42-36-35-38-44-50-56-68(6)9-3/h67-71,76H,7-66H2,1-6H3,(H,81,82)(H,83,84)/t68?,69-,70-,71-/m1/s1. The summed E-state index contributed by atoms with van der Waals surface area (Å²) in [6.07, 6.45) is 53.9. The van der Waals surface area contributed by atoms with Crippen molar-refractivity contribution in [2.45, 2.75) is 407 Å². The maximum atomic E-state index is 13.1. The molecule has 3 unspecified atom stereocenters. The number of aliphatic hydroxyl groups is 1. The van der Waals surface area contributed by atoms with Crippen LogP contribution in [-0.4, -0.2) is 96.7 Å². The lowest BCUT2D eigenvalue weighted by molar-refractivity contribution is -0.161. The molecule has 0 aromatic heterocycles. The average Bonchev–Trinajstić information content (AvgIpc) is 1.42. The van der Waals surface area contributed by atoms with Gasteiger partial charge in [-0.05, 0) is 37.5 Å². The number of phosphoric ester groups is 2. The van der Waals surface area contributed by atoms with Crippen LogP contribution in [0.5, 0.6) is 0 Å². The zero-order chi connectivity index (χ0) is 69.3. The lowest BCUT2D eigenvalue weighted by Gasteiger charge is -2.21. The molecule has 0 fully saturated rings. The molecule has 0 aliphatic heterocycles. The van der Waals surface area contributed by atoms with Crippen LogP contribution in [0.15, 0.2) is 0 Å². The zero-order valence-corrected chi connectivity index (χ0v) is 63.1. The van der Waals surface area contributed by atoms with Gasteiger partial charge in [-0.1, -0.05) is 337 Å². The van der Waals surface area contributed by atoms with E-state index in [9.17, 15) is 43.2 Å². The SMILES string of the molecule is CCCCCCCCCCCCCCCCCCCC(=O)O[C@H](COC(=O)CCCCCCCCCCCCCC(C)C)COP(=O)(O)OC[C@@H](O)COP(=O)(O)OC[C@@H](COC(=O)CCCCCCCCCCCCC)OC(=O)CCCCCCCCCCC(C)CC. The third-order valence-corrected chi connectivity index (χ3v) is 19.7. The third kappa shape index (κ3) is 67.3. The van der Waals surface area contributed by atoms with Gasteiger partial charge in [-0.2, -0.15) is 0 Å². The Morgan fingerprint density at radius 3 is 0.809 bits per heavy atom. The average molecular weight is 1380 g/mol. The number of rotatable bonds is 74. The molecule has 0 radical (unpaired) electrons. The molecule has 0 aromatic carbocycles. The van der Waals surface area contributed by atoms with Gasteiger partial charge >= 0.3 is 39.5 Å². The first-order valence-electron chi connectivity index (χ1n) is 39.0. The minimum absolute atomic E-state index is 0.105. The topological polar surface area (TPSA) is 237 Å². The van der Waals surface area contributed by atoms with Gasteiger partial charge in [0, 0.05) is 25.7 Å². The molecule has 0 aromatic rings. The largest absolute Gasteiger partial charge is 0.472 e. The van der Waals surface area contributed by atoms with Crippen molar-refractivity contribution >= 4 is 39.5 Å². The lowest BCUT2D eigenvalue weighted by atomic mass is 9.99. The number of unbranched alkanes of at least 4 members (excludes halogenated alkanes) is 43. The van der Waals surface area contributed by atoms with E-state index in [2.05, 4.69) is 41.5 Å². The molecule has 3 N–H and O–H groups in total. The zero-order valence-electron chi connectivity index (χ0n) is 61.3. The predicted molar refractivity (Wildman–Crippen MR) is 381 cm³/mol. The summed E-state index contributed by atoms with van der Waals surface area (Å²) in [7, 11) is -9.91. The van der Waals surface area contributed by atoms with Crippen molar-refractivity contribution in [3.63, 3.8) is 0 Å². The summed E-state index contributed by atoms with van der Waals surface area (Å²) in [4.78, 5) is 72.8. The van der Waals surface area contributed by atoms with Gasteiger partial charge in [-0.3, -0.25) is 37.3 Å². The Kier molecular flexibility index (Phi) is 65.5. The summed E-state index contributed by atoms with van der Waals surface area (Å²) in [6.45, 7) is 9.59. The molecule has 0 heterocycles. The summed E-state index contributed by atoms with van der Waals surface area (Å²) in [5.41, 5.74) is 0. The second-order valence-electron chi connectivity index (χ2n) is 27.8. The Morgan fingerprint density at radius 1 is 0.309 bits per heavy atom. The van der Waals surface area contributed by atoms with Crippen LogP contribution in [-0.2, 0) is 65.4 Å². The molecule has 0 rings (SSSR count). The molecule has 0 amide bonds. The van der Waals surface area contributed by atoms with Crippen molar-refractivity contribution < 1.29 is 80.2 Å². The van der Waals surface area contributed by atoms with Crippen LogP contribution in [0.2, 0.25) is 0 Å². The van der Waals surface area contributed by atoms with Crippen molar-refractivity contribution in [3.8, 4) is 0 Å². The maximum absolute atomic E-state index is 13.1. The van der Waals surface area contributed by atoms with Gasteiger partial charge in [0.15, 0.2) is 12.2 Å². The van der Waals surface area contributed by atoms with E-state index < -0.39 is 97.5 Å². The summed E-state index contributed by atoms with van der Waals surface area (Å²) >= 11 is 0. The molecular weight excluding hydrogens is 1230 g/mol. The highest BCUT2D eigenvalue weighted by molar-refractivity contribution is 7.47. The molecule has 0 spiro atoms. The van der Waals surface area contributed by atoms with E-state index in [-0.39, 0.29) is 25.7 Å². The molecule has 0 aliphatic carbocycles. The fourth-order valence-corrected chi connectivity index (χ4v) is 13.0. The summed E-state index contributed by atoms with van der Waals surface area (Å²) in [5.74, 6) is -0.576. The number of aliphatic hydroxyl groups excluding tert-OH is 1. The summed E-state index contributed by atoms with van der Waals surface area (Å²) in [6, 6.07) is 0. The number of esters is 4. The Labute approximate surface area is 575 Å². The molecule has 0 bridgehead atoms. The molecule has 0 aliphatic rings. The van der Waals surface area contributed by atoms with Crippen molar-refractivity contribution in [2.75, 3.05) is 39.6 Å². The highest BCUT2D eigenvalue weighted by atomic mass is 31.2. The van der Waals surface area contributed by atoms with Crippen LogP contribution < -0.4 is 0 Å². The minimum atomic E-state index is -4.96. The highest BCUT2D eigenvalue weighted by Crippen LogP contribution is 2.45. The molecule has 0 saturated carbocycles. The smallest absolute Gasteiger partial charge is 0.462 e. The lowest BCUT2D eigenvalue weighted by Crippen LogP contribution is -2.30. The fourth-order valence-electron chi connectivity index (χ4n) is 11.4. The Morgan fingerprint density at radius 2 is 0.543 bits per heavy atom. The Bertz CT molecular complexity index is 1820. The van der Waals surface area contributed by atoms with Gasteiger partial charge in [-0.25, -0.2) is 9.13 Å². The van der Waals surface area contributed by atoms with Crippen LogP contribution in [0.4, 0.5) is 0 Å². The maximum Gasteiger partial charge on any atom is 0.472 e. The van der Waals surface area contributed by atoms with Crippen LogP contribution in [0, 0.1) is 11.8 Å². The fraction of sp³-hybridized carbons (Fsp3) is 0.947. The van der Waals surface area contributed by atoms with E-state index in [1.807, 2.05) is 0 Å². The Balaban J connectivity index is 5.25. The first-order chi connectivity index (χ1) is 45.4. The predicted octanol–water partition coefficient (Wildman–Crippen LogP) is 21.9. The molecular formula is C75H146O17P2. The van der Waals surface area contributed by atoms with Crippen LogP contribution in [0.1, 0.15) is 388 Å². The molecule has 0 saturated heterocycles. The molecule has 94 heavy (non-hydrogen) atoms.